The first-order valence-corrected chi connectivity index (χ1v) is 14.4. The number of halogens is 3. The van der Waals surface area contributed by atoms with Crippen LogP contribution >= 0.6 is 0 Å². The zero-order chi connectivity index (χ0) is 34.4. The summed E-state index contributed by atoms with van der Waals surface area (Å²) < 4.78 is 58.3. The Balaban J connectivity index is 1.46. The van der Waals surface area contributed by atoms with E-state index in [0.717, 1.165) is 23.4 Å². The Bertz CT molecular complexity index is 1750. The molecule has 4 aromatic rings. The number of benzene rings is 2. The first kappa shape index (κ1) is 34.5. The Hall–Kier alpha value is -5.40. The van der Waals surface area contributed by atoms with E-state index in [9.17, 15) is 27.9 Å². The second kappa shape index (κ2) is 14.4. The molecule has 0 aliphatic rings. The number of carboxylic acid groups (broad SMARTS) is 1. The van der Waals surface area contributed by atoms with Crippen LogP contribution in [-0.4, -0.2) is 45.8 Å². The Morgan fingerprint density at radius 1 is 0.957 bits per heavy atom. The molecule has 0 saturated carbocycles. The van der Waals surface area contributed by atoms with E-state index >= 15 is 0 Å². The van der Waals surface area contributed by atoms with Gasteiger partial charge in [0.05, 0.1) is 42.3 Å². The van der Waals surface area contributed by atoms with E-state index in [1.54, 1.807) is 26.3 Å². The van der Waals surface area contributed by atoms with Gasteiger partial charge in [0.15, 0.2) is 11.6 Å². The van der Waals surface area contributed by atoms with E-state index in [1.807, 2.05) is 31.2 Å². The van der Waals surface area contributed by atoms with Gasteiger partial charge in [0.2, 0.25) is 0 Å². The zero-order valence-electron chi connectivity index (χ0n) is 26.4. The number of carbonyl (C=O) groups is 2. The normalized spacial score (nSPS) is 11.5. The number of nitrogens with zero attached hydrogens (tertiary/aromatic N) is 3. The Labute approximate surface area is 269 Å². The monoisotopic (exact) mass is 653 g/mol. The molecule has 0 bridgehead atoms. The van der Waals surface area contributed by atoms with Gasteiger partial charge in [0.1, 0.15) is 12.4 Å². The van der Waals surface area contributed by atoms with Crippen molar-refractivity contribution in [3.8, 4) is 28.6 Å². The van der Waals surface area contributed by atoms with Crippen LogP contribution in [-0.2, 0) is 24.0 Å². The van der Waals surface area contributed by atoms with Gasteiger partial charge in [0, 0.05) is 17.4 Å². The molecule has 14 heteroatoms. The number of pyridine rings is 1. The molecular formula is C33H34F3N5O6. The number of urea groups is 1. The molecule has 2 aromatic heterocycles. The molecule has 0 fully saturated rings. The van der Waals surface area contributed by atoms with Gasteiger partial charge in [-0.15, -0.1) is 0 Å². The molecule has 0 aliphatic heterocycles. The lowest BCUT2D eigenvalue weighted by Crippen LogP contribution is -2.27. The molecule has 47 heavy (non-hydrogen) atoms. The van der Waals surface area contributed by atoms with Crippen LogP contribution in [0.1, 0.15) is 43.2 Å². The number of aromatic nitrogens is 3. The number of aliphatic carboxylic acids is 1. The van der Waals surface area contributed by atoms with Crippen LogP contribution in [0.3, 0.4) is 0 Å². The van der Waals surface area contributed by atoms with Crippen molar-refractivity contribution in [2.24, 2.45) is 5.41 Å². The van der Waals surface area contributed by atoms with Gasteiger partial charge >= 0.3 is 18.2 Å². The molecule has 4 rings (SSSR count). The number of carbonyl (C=O) groups excluding carboxylic acids is 1. The van der Waals surface area contributed by atoms with Crippen molar-refractivity contribution in [3.05, 3.63) is 83.3 Å². The Kier molecular flexibility index (Phi) is 10.5. The summed E-state index contributed by atoms with van der Waals surface area (Å²) in [5.41, 5.74) is -0.570. The molecule has 2 aromatic carbocycles. The first-order chi connectivity index (χ1) is 22.2. The van der Waals surface area contributed by atoms with Crippen LogP contribution in [0.5, 0.6) is 17.4 Å². The van der Waals surface area contributed by atoms with Crippen molar-refractivity contribution in [1.29, 1.82) is 0 Å². The number of nitrogens with one attached hydrogen (secondary N) is 2. The fourth-order valence-corrected chi connectivity index (χ4v) is 4.45. The fraction of sp³-hybridized carbons (Fsp3) is 0.303. The van der Waals surface area contributed by atoms with Gasteiger partial charge < -0.3 is 24.6 Å². The maximum Gasteiger partial charge on any atom is 0.416 e. The highest BCUT2D eigenvalue weighted by molar-refractivity contribution is 5.99. The van der Waals surface area contributed by atoms with Crippen LogP contribution in [0.15, 0.2) is 60.9 Å². The minimum atomic E-state index is -4.77. The van der Waals surface area contributed by atoms with E-state index in [-0.39, 0.29) is 30.1 Å². The van der Waals surface area contributed by atoms with E-state index < -0.39 is 29.2 Å². The highest BCUT2D eigenvalue weighted by Crippen LogP contribution is 2.37. The number of amides is 2. The Morgan fingerprint density at radius 2 is 1.68 bits per heavy atom. The predicted octanol–water partition coefficient (Wildman–Crippen LogP) is 7.15. The van der Waals surface area contributed by atoms with Gasteiger partial charge in [0.25, 0.3) is 5.88 Å². The van der Waals surface area contributed by atoms with Crippen molar-refractivity contribution in [2.75, 3.05) is 24.4 Å². The van der Waals surface area contributed by atoms with Gasteiger partial charge in [-0.1, -0.05) is 18.2 Å². The number of alkyl halides is 3. The average molecular weight is 654 g/mol. The van der Waals surface area contributed by atoms with Crippen LogP contribution in [0, 0.1) is 12.3 Å². The van der Waals surface area contributed by atoms with Crippen molar-refractivity contribution >= 4 is 23.5 Å². The van der Waals surface area contributed by atoms with E-state index in [2.05, 4.69) is 25.6 Å². The molecule has 2 heterocycles. The SMILES string of the molecule is CCOc1cc(-c2cnc(NC(=O)Nc3ccc(CC(C)(C)C(=O)O)c(C(F)(F)F)c3)c(C)n2)cnc1OCc1ccc(OC)cc1. The lowest BCUT2D eigenvalue weighted by Gasteiger charge is -2.22. The maximum absolute atomic E-state index is 13.8. The number of aryl methyl sites for hydroxylation is 1. The number of hydrogen-bond acceptors (Lipinski definition) is 8. The van der Waals surface area contributed by atoms with Crippen LogP contribution < -0.4 is 24.8 Å². The summed E-state index contributed by atoms with van der Waals surface area (Å²) in [6.07, 6.45) is -2.16. The van der Waals surface area contributed by atoms with Gasteiger partial charge in [-0.3, -0.25) is 10.1 Å². The number of hydrogen-bond donors (Lipinski definition) is 3. The fourth-order valence-electron chi connectivity index (χ4n) is 4.45. The third-order valence-corrected chi connectivity index (χ3v) is 7.01. The number of carboxylic acids is 1. The van der Waals surface area contributed by atoms with Crippen molar-refractivity contribution in [1.82, 2.24) is 15.0 Å². The van der Waals surface area contributed by atoms with E-state index in [1.165, 1.54) is 26.1 Å². The van der Waals surface area contributed by atoms with E-state index in [0.29, 0.717) is 35.2 Å². The smallest absolute Gasteiger partial charge is 0.416 e. The van der Waals surface area contributed by atoms with E-state index in [4.69, 9.17) is 14.2 Å². The third kappa shape index (κ3) is 8.87. The molecule has 0 radical (unpaired) electrons. The molecule has 11 nitrogen and oxygen atoms in total. The minimum absolute atomic E-state index is 0.0829. The molecule has 0 spiro atoms. The van der Waals surface area contributed by atoms with Crippen molar-refractivity contribution in [2.45, 2.75) is 46.9 Å². The number of rotatable bonds is 12. The maximum atomic E-state index is 13.8. The number of anilines is 2. The van der Waals surface area contributed by atoms with Gasteiger partial charge in [-0.2, -0.15) is 13.2 Å². The van der Waals surface area contributed by atoms with Crippen LogP contribution in [0.4, 0.5) is 29.5 Å². The minimum Gasteiger partial charge on any atom is -0.497 e. The van der Waals surface area contributed by atoms with Crippen molar-refractivity contribution < 1.29 is 42.1 Å². The van der Waals surface area contributed by atoms with Crippen LogP contribution in [0.2, 0.25) is 0 Å². The quantitative estimate of drug-likeness (QED) is 0.145. The molecule has 0 aliphatic carbocycles. The first-order valence-electron chi connectivity index (χ1n) is 14.4. The van der Waals surface area contributed by atoms with Crippen molar-refractivity contribution in [3.63, 3.8) is 0 Å². The lowest BCUT2D eigenvalue weighted by atomic mass is 9.84. The molecule has 3 N–H and O–H groups in total. The Morgan fingerprint density at radius 3 is 2.30 bits per heavy atom. The standard InChI is InChI=1S/C33H34F3N5O6/c1-6-46-27-13-22(16-38-29(27)47-18-20-7-11-24(45-5)12-8-20)26-17-37-28(19(2)39-26)41-31(44)40-23-10-9-21(15-32(3,4)30(42)43)25(14-23)33(34,35)36/h7-14,16-17H,6,15,18H2,1-5H3,(H,42,43)(H2,37,40,41,44). The number of ether oxygens (including phenoxy) is 3. The second-order valence-electron chi connectivity index (χ2n) is 11.1. The summed E-state index contributed by atoms with van der Waals surface area (Å²) in [4.78, 5) is 37.3. The summed E-state index contributed by atoms with van der Waals surface area (Å²) >= 11 is 0. The lowest BCUT2D eigenvalue weighted by molar-refractivity contribution is -0.148. The predicted molar refractivity (Wildman–Crippen MR) is 168 cm³/mol. The topological polar surface area (TPSA) is 145 Å². The molecule has 2 amide bonds. The van der Waals surface area contributed by atoms with Gasteiger partial charge in [-0.05, 0) is 75.6 Å². The van der Waals surface area contributed by atoms with Crippen LogP contribution in [0.25, 0.3) is 11.3 Å². The summed E-state index contributed by atoms with van der Waals surface area (Å²) in [5.74, 6) is 0.273. The summed E-state index contributed by atoms with van der Waals surface area (Å²) in [6, 6.07) is 11.5. The molecule has 0 saturated heterocycles. The molecular weight excluding hydrogens is 619 g/mol. The summed E-state index contributed by atoms with van der Waals surface area (Å²) in [7, 11) is 1.59. The second-order valence-corrected chi connectivity index (χ2v) is 11.1. The molecule has 248 valence electrons. The third-order valence-electron chi connectivity index (χ3n) is 7.01. The van der Waals surface area contributed by atoms with Gasteiger partial charge in [-0.25, -0.2) is 19.7 Å². The largest absolute Gasteiger partial charge is 0.497 e. The summed E-state index contributed by atoms with van der Waals surface area (Å²) in [5, 5.41) is 14.2. The molecule has 0 unspecified atom stereocenters. The summed E-state index contributed by atoms with van der Waals surface area (Å²) in [6.45, 7) is 6.73. The average Bonchev–Trinajstić information content (AvgIpc) is 3.02. The zero-order valence-corrected chi connectivity index (χ0v) is 26.4. The molecule has 0 atom stereocenters. The highest BCUT2D eigenvalue weighted by Gasteiger charge is 2.37. The highest BCUT2D eigenvalue weighted by atomic mass is 19.4. The number of methoxy groups -OCH3 is 1.